The Hall–Kier alpha value is -2.72. The van der Waals surface area contributed by atoms with Crippen molar-refractivity contribution in [1.82, 2.24) is 30.4 Å². The van der Waals surface area contributed by atoms with Crippen molar-refractivity contribution < 1.29 is 9.15 Å². The van der Waals surface area contributed by atoms with Crippen LogP contribution in [0.4, 0.5) is 0 Å². The molecule has 0 spiro atoms. The summed E-state index contributed by atoms with van der Waals surface area (Å²) < 4.78 is 13.5. The molecular weight excluding hydrogens is 432 g/mol. The molecule has 0 atom stereocenters. The monoisotopic (exact) mass is 444 g/mol. The second-order valence-corrected chi connectivity index (χ2v) is 7.14. The van der Waals surface area contributed by atoms with Crippen LogP contribution in [0.3, 0.4) is 0 Å². The molecule has 0 unspecified atom stereocenters. The molecule has 2 heterocycles. The number of aromatic nitrogens is 6. The zero-order chi connectivity index (χ0) is 18.6. The van der Waals surface area contributed by atoms with E-state index in [1.54, 1.807) is 11.8 Å². The van der Waals surface area contributed by atoms with Crippen LogP contribution in [0.15, 0.2) is 62.6 Å². The average Bonchev–Trinajstić information content (AvgIpc) is 3.36. The van der Waals surface area contributed by atoms with E-state index in [9.17, 15) is 0 Å². The molecule has 0 saturated heterocycles. The van der Waals surface area contributed by atoms with Gasteiger partial charge in [0.15, 0.2) is 0 Å². The highest BCUT2D eigenvalue weighted by atomic mass is 79.9. The van der Waals surface area contributed by atoms with Gasteiger partial charge in [-0.3, -0.25) is 0 Å². The molecular formula is C17H13BrN6O2S. The summed E-state index contributed by atoms with van der Waals surface area (Å²) in [6.45, 7) is 0. The molecule has 0 fully saturated rings. The van der Waals surface area contributed by atoms with Gasteiger partial charge in [-0.25, -0.2) is 0 Å². The Balaban J connectivity index is 1.49. The van der Waals surface area contributed by atoms with E-state index in [2.05, 4.69) is 41.7 Å². The van der Waals surface area contributed by atoms with Crippen LogP contribution in [0.2, 0.25) is 0 Å². The third-order valence-electron chi connectivity index (χ3n) is 3.65. The number of methoxy groups -OCH3 is 1. The van der Waals surface area contributed by atoms with Crippen LogP contribution >= 0.6 is 27.7 Å². The van der Waals surface area contributed by atoms with E-state index in [-0.39, 0.29) is 0 Å². The Bertz CT molecular complexity index is 1050. The van der Waals surface area contributed by atoms with E-state index in [4.69, 9.17) is 9.15 Å². The van der Waals surface area contributed by atoms with E-state index in [0.29, 0.717) is 22.7 Å². The van der Waals surface area contributed by atoms with Crippen molar-refractivity contribution in [2.75, 3.05) is 7.11 Å². The maximum absolute atomic E-state index is 5.76. The summed E-state index contributed by atoms with van der Waals surface area (Å²) in [4.78, 5) is 0. The quantitative estimate of drug-likeness (QED) is 0.414. The number of thioether (sulfide) groups is 1. The first kappa shape index (κ1) is 17.7. The van der Waals surface area contributed by atoms with E-state index < -0.39 is 0 Å². The zero-order valence-corrected chi connectivity index (χ0v) is 16.5. The molecule has 0 aliphatic rings. The van der Waals surface area contributed by atoms with Crippen LogP contribution in [-0.4, -0.2) is 37.5 Å². The Kier molecular flexibility index (Phi) is 5.16. The van der Waals surface area contributed by atoms with Crippen LogP contribution in [0, 0.1) is 0 Å². The van der Waals surface area contributed by atoms with E-state index in [1.165, 1.54) is 11.8 Å². The minimum Gasteiger partial charge on any atom is -0.497 e. The number of benzene rings is 2. The van der Waals surface area contributed by atoms with Gasteiger partial charge in [-0.15, -0.1) is 15.3 Å². The Morgan fingerprint density at radius 2 is 1.89 bits per heavy atom. The van der Waals surface area contributed by atoms with E-state index >= 15 is 0 Å². The largest absolute Gasteiger partial charge is 0.497 e. The van der Waals surface area contributed by atoms with Gasteiger partial charge in [-0.2, -0.15) is 4.68 Å². The minimum absolute atomic E-state index is 0.452. The molecule has 4 aromatic rings. The summed E-state index contributed by atoms with van der Waals surface area (Å²) in [6.07, 6.45) is 0. The molecule has 0 saturated carbocycles. The minimum atomic E-state index is 0.452. The van der Waals surface area contributed by atoms with Gasteiger partial charge in [0.1, 0.15) is 5.75 Å². The van der Waals surface area contributed by atoms with Crippen molar-refractivity contribution in [3.63, 3.8) is 0 Å². The molecule has 136 valence electrons. The van der Waals surface area contributed by atoms with Gasteiger partial charge in [-0.05, 0) is 62.8 Å². The molecule has 4 rings (SSSR count). The van der Waals surface area contributed by atoms with Crippen LogP contribution < -0.4 is 4.74 Å². The van der Waals surface area contributed by atoms with E-state index in [1.807, 2.05) is 48.5 Å². The molecule has 8 nitrogen and oxygen atoms in total. The zero-order valence-electron chi connectivity index (χ0n) is 14.1. The van der Waals surface area contributed by atoms with Crippen molar-refractivity contribution in [1.29, 1.82) is 0 Å². The lowest BCUT2D eigenvalue weighted by Gasteiger charge is -2.04. The first-order chi connectivity index (χ1) is 13.2. The summed E-state index contributed by atoms with van der Waals surface area (Å²) in [6, 6.07) is 15.2. The average molecular weight is 445 g/mol. The molecule has 0 bridgehead atoms. The molecule has 2 aromatic carbocycles. The predicted molar refractivity (Wildman–Crippen MR) is 103 cm³/mol. The number of rotatable bonds is 6. The molecule has 0 aliphatic heterocycles. The summed E-state index contributed by atoms with van der Waals surface area (Å²) in [5.74, 6) is 2.18. The van der Waals surface area contributed by atoms with Gasteiger partial charge in [-0.1, -0.05) is 23.9 Å². The van der Waals surface area contributed by atoms with E-state index in [0.717, 1.165) is 21.5 Å². The van der Waals surface area contributed by atoms with Gasteiger partial charge in [0, 0.05) is 4.47 Å². The van der Waals surface area contributed by atoms with Gasteiger partial charge < -0.3 is 9.15 Å². The highest BCUT2D eigenvalue weighted by Gasteiger charge is 2.14. The molecule has 0 radical (unpaired) electrons. The Labute approximate surface area is 167 Å². The summed E-state index contributed by atoms with van der Waals surface area (Å²) >= 11 is 4.90. The fourth-order valence-electron chi connectivity index (χ4n) is 2.34. The van der Waals surface area contributed by atoms with Gasteiger partial charge in [0.05, 0.1) is 24.1 Å². The lowest BCUT2D eigenvalue weighted by atomic mass is 10.2. The third kappa shape index (κ3) is 3.86. The third-order valence-corrected chi connectivity index (χ3v) is 5.25. The molecule has 10 heteroatoms. The van der Waals surface area contributed by atoms with Gasteiger partial charge >= 0.3 is 0 Å². The predicted octanol–water partition coefficient (Wildman–Crippen LogP) is 3.78. The second kappa shape index (κ2) is 7.89. The highest BCUT2D eigenvalue weighted by Crippen LogP contribution is 2.28. The number of halogens is 1. The number of hydrogen-bond donors (Lipinski definition) is 0. The molecule has 0 aliphatic carbocycles. The first-order valence-electron chi connectivity index (χ1n) is 7.87. The maximum Gasteiger partial charge on any atom is 0.248 e. The van der Waals surface area contributed by atoms with Crippen LogP contribution in [0.5, 0.6) is 5.75 Å². The number of tetrazole rings is 1. The van der Waals surface area contributed by atoms with Crippen LogP contribution in [-0.2, 0) is 5.75 Å². The van der Waals surface area contributed by atoms with Gasteiger partial charge in [0.2, 0.25) is 16.9 Å². The van der Waals surface area contributed by atoms with Gasteiger partial charge in [0.25, 0.3) is 0 Å². The first-order valence-corrected chi connectivity index (χ1v) is 9.65. The van der Waals surface area contributed by atoms with Crippen molar-refractivity contribution in [3.05, 3.63) is 58.9 Å². The van der Waals surface area contributed by atoms with Crippen molar-refractivity contribution in [2.45, 2.75) is 10.9 Å². The topological polar surface area (TPSA) is 91.8 Å². The summed E-state index contributed by atoms with van der Waals surface area (Å²) in [5, 5.41) is 20.7. The number of ether oxygens (including phenoxy) is 1. The lowest BCUT2D eigenvalue weighted by molar-refractivity contribution is 0.414. The molecule has 0 amide bonds. The molecule has 27 heavy (non-hydrogen) atoms. The van der Waals surface area contributed by atoms with Crippen molar-refractivity contribution in [3.8, 4) is 22.9 Å². The highest BCUT2D eigenvalue weighted by molar-refractivity contribution is 9.10. The smallest absolute Gasteiger partial charge is 0.248 e. The maximum atomic E-state index is 5.76. The summed E-state index contributed by atoms with van der Waals surface area (Å²) in [5.41, 5.74) is 1.69. The molecule has 0 N–H and O–H groups in total. The normalized spacial score (nSPS) is 10.9. The van der Waals surface area contributed by atoms with Crippen molar-refractivity contribution in [2.24, 2.45) is 0 Å². The fraction of sp³-hybridized carbons (Fsp3) is 0.118. The SMILES string of the molecule is COc1ccc(-n2nnnc2SCc2nnc(-c3ccccc3Br)o2)cc1. The van der Waals surface area contributed by atoms with Crippen LogP contribution in [0.1, 0.15) is 5.89 Å². The number of nitrogens with zero attached hydrogens (tertiary/aromatic N) is 6. The number of hydrogen-bond acceptors (Lipinski definition) is 8. The fourth-order valence-corrected chi connectivity index (χ4v) is 3.52. The Morgan fingerprint density at radius 1 is 1.07 bits per heavy atom. The summed E-state index contributed by atoms with van der Waals surface area (Å²) in [7, 11) is 1.62. The lowest BCUT2D eigenvalue weighted by Crippen LogP contribution is -1.99. The van der Waals surface area contributed by atoms with Crippen LogP contribution in [0.25, 0.3) is 17.1 Å². The van der Waals surface area contributed by atoms with Crippen molar-refractivity contribution >= 4 is 27.7 Å². The Morgan fingerprint density at radius 3 is 2.67 bits per heavy atom. The second-order valence-electron chi connectivity index (χ2n) is 5.34. The standard InChI is InChI=1S/C17H13BrN6O2S/c1-25-12-8-6-11(7-9-12)24-17(21-22-23-24)27-10-15-19-20-16(26-15)13-4-2-3-5-14(13)18/h2-9H,10H2,1H3. The molecule has 2 aromatic heterocycles.